The summed E-state index contributed by atoms with van der Waals surface area (Å²) in [7, 11) is 1.84. The number of aryl methyl sites for hydroxylation is 1. The molecule has 10 heteroatoms. The number of benzene rings is 2. The summed E-state index contributed by atoms with van der Waals surface area (Å²) in [5.41, 5.74) is 2.35. The van der Waals surface area contributed by atoms with Gasteiger partial charge in [-0.25, -0.2) is 4.68 Å². The summed E-state index contributed by atoms with van der Waals surface area (Å²) in [5, 5.41) is 9.36. The number of halogens is 4. The zero-order valence-corrected chi connectivity index (χ0v) is 20.7. The van der Waals surface area contributed by atoms with E-state index in [0.29, 0.717) is 24.3 Å². The van der Waals surface area contributed by atoms with Gasteiger partial charge in [0.1, 0.15) is 0 Å². The molecule has 4 heterocycles. The molecule has 2 bridgehead atoms. The standard InChI is InChI=1S/C27H23ClF3N5O/c1-34-24(16-7-5-8-17(28)13-16)20-14-19-11-6-12-22(23(20)33-34)35(19)26(37)21-15-32-36(25(21)27(29,30)31)18-9-3-2-4-10-18/h2-5,7-10,13,15,19,22H,6,11-12,14H2,1H3/t19-,22+/m0/s1. The first-order chi connectivity index (χ1) is 17.7. The maximum absolute atomic E-state index is 14.3. The molecule has 2 aliphatic heterocycles. The number of fused-ring (bicyclic) bond motifs is 4. The zero-order valence-electron chi connectivity index (χ0n) is 19.9. The number of carbonyl (C=O) groups is 1. The van der Waals surface area contributed by atoms with Crippen LogP contribution >= 0.6 is 11.6 Å². The van der Waals surface area contributed by atoms with Crippen molar-refractivity contribution in [2.24, 2.45) is 7.05 Å². The van der Waals surface area contributed by atoms with E-state index < -0.39 is 29.4 Å². The summed E-state index contributed by atoms with van der Waals surface area (Å²) in [5.74, 6) is -0.662. The summed E-state index contributed by atoms with van der Waals surface area (Å²) < 4.78 is 45.5. The molecule has 2 aromatic heterocycles. The van der Waals surface area contributed by atoms with Crippen LogP contribution in [0.4, 0.5) is 13.2 Å². The smallest absolute Gasteiger partial charge is 0.327 e. The third kappa shape index (κ3) is 3.92. The van der Waals surface area contributed by atoms with Crippen LogP contribution in [0.5, 0.6) is 0 Å². The van der Waals surface area contributed by atoms with Crippen molar-refractivity contribution in [1.82, 2.24) is 24.5 Å². The van der Waals surface area contributed by atoms with Gasteiger partial charge in [0.05, 0.1) is 34.9 Å². The summed E-state index contributed by atoms with van der Waals surface area (Å²) in [6.45, 7) is 0. The summed E-state index contributed by atoms with van der Waals surface area (Å²) in [4.78, 5) is 15.5. The predicted octanol–water partition coefficient (Wildman–Crippen LogP) is 6.24. The molecule has 190 valence electrons. The van der Waals surface area contributed by atoms with E-state index in [1.165, 1.54) is 12.1 Å². The van der Waals surface area contributed by atoms with Crippen LogP contribution in [0.2, 0.25) is 5.02 Å². The van der Waals surface area contributed by atoms with E-state index in [1.807, 2.05) is 25.2 Å². The van der Waals surface area contributed by atoms with Gasteiger partial charge in [0, 0.05) is 29.2 Å². The monoisotopic (exact) mass is 525 g/mol. The fourth-order valence-corrected chi connectivity index (χ4v) is 6.02. The first-order valence-electron chi connectivity index (χ1n) is 12.1. The molecule has 6 nitrogen and oxygen atoms in total. The second kappa shape index (κ2) is 8.76. The van der Waals surface area contributed by atoms with Crippen LogP contribution in [-0.2, 0) is 19.6 Å². The lowest BCUT2D eigenvalue weighted by molar-refractivity contribution is -0.143. The zero-order chi connectivity index (χ0) is 25.9. The van der Waals surface area contributed by atoms with Crippen molar-refractivity contribution in [3.05, 3.63) is 88.3 Å². The average Bonchev–Trinajstić information content (AvgIpc) is 3.45. The van der Waals surface area contributed by atoms with E-state index in [-0.39, 0.29) is 11.7 Å². The molecule has 4 aromatic rings. The molecule has 2 aliphatic rings. The number of hydrogen-bond donors (Lipinski definition) is 0. The number of hydrogen-bond acceptors (Lipinski definition) is 3. The molecule has 2 atom stereocenters. The van der Waals surface area contributed by atoms with E-state index in [1.54, 1.807) is 33.8 Å². The van der Waals surface area contributed by atoms with E-state index in [9.17, 15) is 18.0 Å². The van der Waals surface area contributed by atoms with Crippen molar-refractivity contribution in [3.8, 4) is 16.9 Å². The van der Waals surface area contributed by atoms with Gasteiger partial charge < -0.3 is 4.90 Å². The van der Waals surface area contributed by atoms with Crippen molar-refractivity contribution < 1.29 is 18.0 Å². The SMILES string of the molecule is Cn1nc2c(c1-c1cccc(Cl)c1)C[C@@H]1CCC[C@H]2N1C(=O)c1cnn(-c2ccccc2)c1C(F)(F)F. The number of para-hydroxylation sites is 1. The van der Waals surface area contributed by atoms with Crippen LogP contribution in [0.3, 0.4) is 0 Å². The van der Waals surface area contributed by atoms with Crippen molar-refractivity contribution in [3.63, 3.8) is 0 Å². The van der Waals surface area contributed by atoms with Gasteiger partial charge in [-0.1, -0.05) is 41.9 Å². The van der Waals surface area contributed by atoms with Crippen molar-refractivity contribution >= 4 is 17.5 Å². The fraction of sp³-hybridized carbons (Fsp3) is 0.296. The number of carbonyl (C=O) groups excluding carboxylic acids is 1. The number of aromatic nitrogens is 4. The molecule has 0 radical (unpaired) electrons. The predicted molar refractivity (Wildman–Crippen MR) is 132 cm³/mol. The normalized spacial score (nSPS) is 19.1. The Morgan fingerprint density at radius 3 is 2.59 bits per heavy atom. The van der Waals surface area contributed by atoms with E-state index in [4.69, 9.17) is 16.7 Å². The molecule has 37 heavy (non-hydrogen) atoms. The average molecular weight is 526 g/mol. The second-order valence-electron chi connectivity index (χ2n) is 9.52. The first-order valence-corrected chi connectivity index (χ1v) is 12.5. The van der Waals surface area contributed by atoms with Crippen molar-refractivity contribution in [1.29, 1.82) is 0 Å². The highest BCUT2D eigenvalue weighted by atomic mass is 35.5. The summed E-state index contributed by atoms with van der Waals surface area (Å²) in [6, 6.07) is 14.9. The third-order valence-corrected chi connectivity index (χ3v) is 7.51. The van der Waals surface area contributed by atoms with Crippen LogP contribution in [0.1, 0.15) is 52.6 Å². The van der Waals surface area contributed by atoms with Gasteiger partial charge in [0.2, 0.25) is 0 Å². The molecule has 0 unspecified atom stereocenters. The van der Waals surface area contributed by atoms with Crippen LogP contribution in [0.25, 0.3) is 16.9 Å². The molecule has 1 saturated heterocycles. The van der Waals surface area contributed by atoms with Crippen molar-refractivity contribution in [2.45, 2.75) is 43.9 Å². The minimum atomic E-state index is -4.77. The van der Waals surface area contributed by atoms with Crippen LogP contribution in [0, 0.1) is 0 Å². The van der Waals surface area contributed by atoms with E-state index in [2.05, 4.69) is 5.10 Å². The Bertz CT molecular complexity index is 1490. The van der Waals surface area contributed by atoms with Crippen LogP contribution in [0.15, 0.2) is 60.8 Å². The highest BCUT2D eigenvalue weighted by Gasteiger charge is 2.47. The topological polar surface area (TPSA) is 56.0 Å². The number of piperidine rings is 1. The van der Waals surface area contributed by atoms with Crippen molar-refractivity contribution in [2.75, 3.05) is 0 Å². The Labute approximate surface area is 216 Å². The summed E-state index contributed by atoms with van der Waals surface area (Å²) in [6.07, 6.45) is -0.995. The number of rotatable bonds is 3. The lowest BCUT2D eigenvalue weighted by Gasteiger charge is -2.45. The molecule has 0 spiro atoms. The molecular formula is C27H23ClF3N5O. The maximum atomic E-state index is 14.3. The van der Waals surface area contributed by atoms with Crippen LogP contribution in [-0.4, -0.2) is 36.4 Å². The van der Waals surface area contributed by atoms with E-state index >= 15 is 0 Å². The maximum Gasteiger partial charge on any atom is 0.434 e. The number of nitrogens with zero attached hydrogens (tertiary/aromatic N) is 5. The fourth-order valence-electron chi connectivity index (χ4n) is 5.83. The quantitative estimate of drug-likeness (QED) is 0.318. The van der Waals surface area contributed by atoms with Gasteiger partial charge in [-0.2, -0.15) is 23.4 Å². The third-order valence-electron chi connectivity index (χ3n) is 7.28. The van der Waals surface area contributed by atoms with Gasteiger partial charge in [0.25, 0.3) is 5.91 Å². The number of alkyl halides is 3. The summed E-state index contributed by atoms with van der Waals surface area (Å²) >= 11 is 6.24. The first kappa shape index (κ1) is 23.8. The van der Waals surface area contributed by atoms with E-state index in [0.717, 1.165) is 39.8 Å². The molecule has 0 N–H and O–H groups in total. The molecule has 0 aliphatic carbocycles. The number of amides is 1. The van der Waals surface area contributed by atoms with Crippen LogP contribution < -0.4 is 0 Å². The molecule has 1 amide bonds. The Balaban J connectivity index is 1.44. The molecule has 1 fully saturated rings. The second-order valence-corrected chi connectivity index (χ2v) is 9.95. The Hall–Kier alpha value is -3.59. The molecule has 2 aromatic carbocycles. The lowest BCUT2D eigenvalue weighted by Crippen LogP contribution is -2.50. The van der Waals surface area contributed by atoms with Gasteiger partial charge >= 0.3 is 6.18 Å². The highest BCUT2D eigenvalue weighted by Crippen LogP contribution is 2.46. The minimum absolute atomic E-state index is 0.234. The highest BCUT2D eigenvalue weighted by molar-refractivity contribution is 6.30. The lowest BCUT2D eigenvalue weighted by atomic mass is 9.81. The molecular weight excluding hydrogens is 503 g/mol. The van der Waals surface area contributed by atoms with Gasteiger partial charge in [-0.3, -0.25) is 9.48 Å². The van der Waals surface area contributed by atoms with Gasteiger partial charge in [-0.15, -0.1) is 0 Å². The largest absolute Gasteiger partial charge is 0.434 e. The minimum Gasteiger partial charge on any atom is -0.327 e. The molecule has 0 saturated carbocycles. The Morgan fingerprint density at radius 1 is 1.08 bits per heavy atom. The Morgan fingerprint density at radius 2 is 1.86 bits per heavy atom. The van der Waals surface area contributed by atoms with Gasteiger partial charge in [-0.05, 0) is 49.9 Å². The Kier molecular flexibility index (Phi) is 5.63. The molecule has 6 rings (SSSR count). The van der Waals surface area contributed by atoms with Gasteiger partial charge in [0.15, 0.2) is 5.69 Å².